The maximum absolute atomic E-state index is 13.7. The second-order valence-corrected chi connectivity index (χ2v) is 7.60. The summed E-state index contributed by atoms with van der Waals surface area (Å²) in [6, 6.07) is -1.28. The van der Waals surface area contributed by atoms with Crippen LogP contribution in [0.3, 0.4) is 0 Å². The first kappa shape index (κ1) is 18.3. The summed E-state index contributed by atoms with van der Waals surface area (Å²) in [5, 5.41) is 9.07. The van der Waals surface area contributed by atoms with Gasteiger partial charge < -0.3 is 5.11 Å². The summed E-state index contributed by atoms with van der Waals surface area (Å²) in [6.07, 6.45) is 1.28. The van der Waals surface area contributed by atoms with E-state index >= 15 is 0 Å². The fourth-order valence-electron chi connectivity index (χ4n) is 2.52. The first-order valence-corrected chi connectivity index (χ1v) is 8.85. The number of carboxylic acids is 1. The standard InChI is InChI=1S/C13H23F2NO4S/c1-3-9(2)11(12(17)18)16-21(19,20)8-10-6-4-5-7-13(10,14)15/h9-11,16H,3-8H2,1-2H3,(H,17,18)/t9-,10?,11-/m0/s1. The van der Waals surface area contributed by atoms with Crippen molar-refractivity contribution in [2.24, 2.45) is 11.8 Å². The van der Waals surface area contributed by atoms with Crippen molar-refractivity contribution in [1.82, 2.24) is 4.72 Å². The molecule has 1 unspecified atom stereocenters. The Morgan fingerprint density at radius 2 is 2.05 bits per heavy atom. The van der Waals surface area contributed by atoms with Gasteiger partial charge in [-0.15, -0.1) is 0 Å². The van der Waals surface area contributed by atoms with Crippen LogP contribution in [0.4, 0.5) is 8.78 Å². The molecule has 0 aliphatic heterocycles. The summed E-state index contributed by atoms with van der Waals surface area (Å²) in [5.41, 5.74) is 0. The molecule has 2 N–H and O–H groups in total. The van der Waals surface area contributed by atoms with Crippen molar-refractivity contribution < 1.29 is 27.1 Å². The van der Waals surface area contributed by atoms with Gasteiger partial charge in [-0.3, -0.25) is 4.79 Å². The van der Waals surface area contributed by atoms with Gasteiger partial charge in [0.25, 0.3) is 5.92 Å². The molecular formula is C13H23F2NO4S. The van der Waals surface area contributed by atoms with Gasteiger partial charge in [0, 0.05) is 12.3 Å². The summed E-state index contributed by atoms with van der Waals surface area (Å²) in [4.78, 5) is 11.1. The van der Waals surface area contributed by atoms with Gasteiger partial charge in [0.1, 0.15) is 6.04 Å². The molecule has 1 fully saturated rings. The van der Waals surface area contributed by atoms with Crippen LogP contribution in [0.15, 0.2) is 0 Å². The highest BCUT2D eigenvalue weighted by Crippen LogP contribution is 2.39. The molecule has 21 heavy (non-hydrogen) atoms. The predicted octanol–water partition coefficient (Wildman–Crippen LogP) is 2.23. The summed E-state index contributed by atoms with van der Waals surface area (Å²) in [7, 11) is -4.06. The number of alkyl halides is 2. The topological polar surface area (TPSA) is 83.5 Å². The van der Waals surface area contributed by atoms with Gasteiger partial charge in [0.15, 0.2) is 0 Å². The number of carboxylic acid groups (broad SMARTS) is 1. The molecular weight excluding hydrogens is 304 g/mol. The van der Waals surface area contributed by atoms with Gasteiger partial charge in [-0.2, -0.15) is 0 Å². The third kappa shape index (κ3) is 5.18. The van der Waals surface area contributed by atoms with Crippen molar-refractivity contribution in [2.75, 3.05) is 5.75 Å². The molecule has 0 radical (unpaired) electrons. The Labute approximate surface area is 124 Å². The number of rotatable bonds is 7. The largest absolute Gasteiger partial charge is 0.480 e. The van der Waals surface area contributed by atoms with Crippen LogP contribution in [-0.2, 0) is 14.8 Å². The molecule has 0 aromatic rings. The van der Waals surface area contributed by atoms with E-state index in [0.29, 0.717) is 19.3 Å². The van der Waals surface area contributed by atoms with Gasteiger partial charge >= 0.3 is 5.97 Å². The third-order valence-electron chi connectivity index (χ3n) is 4.12. The molecule has 0 aromatic heterocycles. The van der Waals surface area contributed by atoms with E-state index in [1.165, 1.54) is 0 Å². The van der Waals surface area contributed by atoms with E-state index in [2.05, 4.69) is 4.72 Å². The maximum atomic E-state index is 13.7. The van der Waals surface area contributed by atoms with E-state index in [1.807, 2.05) is 0 Å². The Morgan fingerprint density at radius 3 is 2.52 bits per heavy atom. The Balaban J connectivity index is 2.78. The Morgan fingerprint density at radius 1 is 1.43 bits per heavy atom. The number of nitrogens with one attached hydrogen (secondary N) is 1. The lowest BCUT2D eigenvalue weighted by molar-refractivity contribution is -0.140. The molecule has 1 aliphatic rings. The van der Waals surface area contributed by atoms with Crippen LogP contribution in [-0.4, -0.2) is 37.2 Å². The van der Waals surface area contributed by atoms with E-state index in [0.717, 1.165) is 0 Å². The second-order valence-electron chi connectivity index (χ2n) is 5.80. The molecule has 0 bridgehead atoms. The molecule has 1 saturated carbocycles. The highest BCUT2D eigenvalue weighted by Gasteiger charge is 2.44. The molecule has 0 spiro atoms. The van der Waals surface area contributed by atoms with Crippen LogP contribution in [0.5, 0.6) is 0 Å². The molecule has 1 aliphatic carbocycles. The summed E-state index contributed by atoms with van der Waals surface area (Å²) in [5.74, 6) is -6.66. The number of aliphatic carboxylic acids is 1. The van der Waals surface area contributed by atoms with Gasteiger partial charge in [0.05, 0.1) is 5.75 Å². The minimum Gasteiger partial charge on any atom is -0.480 e. The van der Waals surface area contributed by atoms with E-state index in [4.69, 9.17) is 5.11 Å². The fraction of sp³-hybridized carbons (Fsp3) is 0.923. The molecule has 3 atom stereocenters. The monoisotopic (exact) mass is 327 g/mol. The molecule has 5 nitrogen and oxygen atoms in total. The quantitative estimate of drug-likeness (QED) is 0.751. The van der Waals surface area contributed by atoms with Crippen molar-refractivity contribution in [2.45, 2.75) is 57.9 Å². The molecule has 1 rings (SSSR count). The first-order valence-electron chi connectivity index (χ1n) is 7.19. The van der Waals surface area contributed by atoms with Gasteiger partial charge in [-0.1, -0.05) is 26.7 Å². The van der Waals surface area contributed by atoms with Crippen molar-refractivity contribution in [3.63, 3.8) is 0 Å². The van der Waals surface area contributed by atoms with Crippen molar-refractivity contribution in [3.05, 3.63) is 0 Å². The lowest BCUT2D eigenvalue weighted by Crippen LogP contribution is -2.48. The van der Waals surface area contributed by atoms with E-state index in [1.54, 1.807) is 13.8 Å². The molecule has 0 heterocycles. The minimum atomic E-state index is -4.06. The zero-order valence-electron chi connectivity index (χ0n) is 12.3. The van der Waals surface area contributed by atoms with Crippen LogP contribution in [0.25, 0.3) is 0 Å². The van der Waals surface area contributed by atoms with Crippen LogP contribution in [0.2, 0.25) is 0 Å². The van der Waals surface area contributed by atoms with Crippen molar-refractivity contribution in [3.8, 4) is 0 Å². The number of halogens is 2. The SMILES string of the molecule is CC[C@H](C)[C@H](NS(=O)(=O)CC1CCCCC1(F)F)C(=O)O. The van der Waals surface area contributed by atoms with Gasteiger partial charge in [0.2, 0.25) is 10.0 Å². The van der Waals surface area contributed by atoms with Crippen LogP contribution in [0, 0.1) is 11.8 Å². The predicted molar refractivity (Wildman–Crippen MR) is 74.7 cm³/mol. The molecule has 0 aromatic carbocycles. The van der Waals surface area contributed by atoms with Crippen molar-refractivity contribution >= 4 is 16.0 Å². The first-order chi connectivity index (χ1) is 9.59. The maximum Gasteiger partial charge on any atom is 0.322 e. The molecule has 0 saturated heterocycles. The number of carbonyl (C=O) groups is 1. The van der Waals surface area contributed by atoms with Crippen LogP contribution >= 0.6 is 0 Å². The minimum absolute atomic E-state index is 0.148. The van der Waals surface area contributed by atoms with Crippen LogP contribution < -0.4 is 4.72 Å². The average Bonchev–Trinajstić information content (AvgIpc) is 2.37. The molecule has 124 valence electrons. The normalized spacial score (nSPS) is 25.2. The molecule has 0 amide bonds. The van der Waals surface area contributed by atoms with Gasteiger partial charge in [-0.25, -0.2) is 21.9 Å². The Hall–Kier alpha value is -0.760. The smallest absolute Gasteiger partial charge is 0.322 e. The van der Waals surface area contributed by atoms with E-state index in [-0.39, 0.29) is 12.8 Å². The highest BCUT2D eigenvalue weighted by molar-refractivity contribution is 7.89. The van der Waals surface area contributed by atoms with Crippen molar-refractivity contribution in [1.29, 1.82) is 0 Å². The number of sulfonamides is 1. The van der Waals surface area contributed by atoms with Gasteiger partial charge in [-0.05, 0) is 18.8 Å². The third-order valence-corrected chi connectivity index (χ3v) is 5.57. The zero-order chi connectivity index (χ0) is 16.3. The molecule has 8 heteroatoms. The second kappa shape index (κ2) is 7.00. The van der Waals surface area contributed by atoms with Crippen LogP contribution in [0.1, 0.15) is 46.0 Å². The van der Waals surface area contributed by atoms with E-state index < -0.39 is 45.5 Å². The lowest BCUT2D eigenvalue weighted by Gasteiger charge is -2.31. The summed E-state index contributed by atoms with van der Waals surface area (Å²) in [6.45, 7) is 3.35. The zero-order valence-corrected chi connectivity index (χ0v) is 13.1. The number of hydrogen-bond acceptors (Lipinski definition) is 3. The lowest BCUT2D eigenvalue weighted by atomic mass is 9.87. The Bertz CT molecular complexity index is 467. The fourth-order valence-corrected chi connectivity index (χ4v) is 4.28. The highest BCUT2D eigenvalue weighted by atomic mass is 32.2. The summed E-state index contributed by atoms with van der Waals surface area (Å²) >= 11 is 0. The Kier molecular flexibility index (Phi) is 6.10. The number of hydrogen-bond donors (Lipinski definition) is 2. The average molecular weight is 327 g/mol. The van der Waals surface area contributed by atoms with E-state index in [9.17, 15) is 22.0 Å². The summed E-state index contributed by atoms with van der Waals surface area (Å²) < 4.78 is 53.5.